The van der Waals surface area contributed by atoms with E-state index >= 15 is 0 Å². The fourth-order valence-electron chi connectivity index (χ4n) is 2.06. The van der Waals surface area contributed by atoms with Gasteiger partial charge in [0.05, 0.1) is 16.4 Å². The average molecular weight is 335 g/mol. The number of nitrogens with one attached hydrogen (secondary N) is 1. The molecule has 0 aliphatic carbocycles. The SMILES string of the molecule is O=C(Cc1ccc([N+](=O)[O-])cc1Cl)Nc1ccc(CCO)cc1. The summed E-state index contributed by atoms with van der Waals surface area (Å²) in [6.07, 6.45) is 0.585. The minimum atomic E-state index is -0.538. The molecule has 0 fully saturated rings. The number of hydrogen-bond acceptors (Lipinski definition) is 4. The van der Waals surface area contributed by atoms with Gasteiger partial charge in [0.1, 0.15) is 0 Å². The number of carbonyl (C=O) groups is 1. The van der Waals surface area contributed by atoms with Crippen molar-refractivity contribution >= 4 is 28.9 Å². The van der Waals surface area contributed by atoms with Crippen molar-refractivity contribution < 1.29 is 14.8 Å². The molecule has 0 spiro atoms. The van der Waals surface area contributed by atoms with Crippen LogP contribution < -0.4 is 5.32 Å². The lowest BCUT2D eigenvalue weighted by atomic mass is 10.1. The highest BCUT2D eigenvalue weighted by Gasteiger charge is 2.12. The van der Waals surface area contributed by atoms with Crippen LogP contribution in [0.2, 0.25) is 5.02 Å². The second kappa shape index (κ2) is 7.71. The maximum absolute atomic E-state index is 12.0. The number of aliphatic hydroxyl groups excluding tert-OH is 1. The average Bonchev–Trinajstić information content (AvgIpc) is 2.51. The second-order valence-corrected chi connectivity index (χ2v) is 5.34. The Bertz CT molecular complexity index is 717. The van der Waals surface area contributed by atoms with Crippen LogP contribution in [-0.2, 0) is 17.6 Å². The predicted octanol–water partition coefficient (Wildman–Crippen LogP) is 2.96. The summed E-state index contributed by atoms with van der Waals surface area (Å²) in [6.45, 7) is 0.0738. The molecule has 120 valence electrons. The van der Waals surface area contributed by atoms with Crippen LogP contribution in [0, 0.1) is 10.1 Å². The monoisotopic (exact) mass is 334 g/mol. The van der Waals surface area contributed by atoms with E-state index in [-0.39, 0.29) is 29.6 Å². The van der Waals surface area contributed by atoms with E-state index in [0.29, 0.717) is 17.7 Å². The number of nitro benzene ring substituents is 1. The number of anilines is 1. The second-order valence-electron chi connectivity index (χ2n) is 4.93. The summed E-state index contributed by atoms with van der Waals surface area (Å²) >= 11 is 5.97. The van der Waals surface area contributed by atoms with Gasteiger partial charge >= 0.3 is 0 Å². The summed E-state index contributed by atoms with van der Waals surface area (Å²) in [5.74, 6) is -0.268. The lowest BCUT2D eigenvalue weighted by Crippen LogP contribution is -2.14. The number of rotatable bonds is 6. The number of nitrogens with zero attached hydrogens (tertiary/aromatic N) is 1. The summed E-state index contributed by atoms with van der Waals surface area (Å²) in [4.78, 5) is 22.1. The number of nitro groups is 1. The molecule has 2 rings (SSSR count). The molecule has 23 heavy (non-hydrogen) atoms. The summed E-state index contributed by atoms with van der Waals surface area (Å²) in [5.41, 5.74) is 2.02. The normalized spacial score (nSPS) is 10.3. The number of carbonyl (C=O) groups excluding carboxylic acids is 1. The molecule has 0 bridgehead atoms. The Morgan fingerprint density at radius 3 is 2.48 bits per heavy atom. The zero-order valence-electron chi connectivity index (χ0n) is 12.2. The molecular formula is C16H15ClN2O4. The van der Waals surface area contributed by atoms with Gasteiger partial charge in [0.2, 0.25) is 5.91 Å². The molecule has 2 aromatic rings. The molecular weight excluding hydrogens is 320 g/mol. The Balaban J connectivity index is 2.00. The Hall–Kier alpha value is -2.44. The van der Waals surface area contributed by atoms with E-state index in [0.717, 1.165) is 5.56 Å². The van der Waals surface area contributed by atoms with E-state index in [2.05, 4.69) is 5.32 Å². The molecule has 1 amide bonds. The molecule has 0 heterocycles. The van der Waals surface area contributed by atoms with Gasteiger partial charge in [-0.15, -0.1) is 0 Å². The quantitative estimate of drug-likeness (QED) is 0.627. The Morgan fingerprint density at radius 1 is 1.22 bits per heavy atom. The molecule has 0 aromatic heterocycles. The molecule has 0 unspecified atom stereocenters. The van der Waals surface area contributed by atoms with Crippen LogP contribution in [0.25, 0.3) is 0 Å². The van der Waals surface area contributed by atoms with Gasteiger partial charge in [-0.25, -0.2) is 0 Å². The Morgan fingerprint density at radius 2 is 1.91 bits per heavy atom. The van der Waals surface area contributed by atoms with E-state index in [1.807, 2.05) is 12.1 Å². The van der Waals surface area contributed by atoms with Crippen molar-refractivity contribution in [3.05, 3.63) is 68.7 Å². The fraction of sp³-hybridized carbons (Fsp3) is 0.188. The number of benzene rings is 2. The third-order valence-corrected chi connectivity index (χ3v) is 3.59. The number of hydrogen-bond donors (Lipinski definition) is 2. The molecule has 2 aromatic carbocycles. The number of amides is 1. The topological polar surface area (TPSA) is 92.5 Å². The zero-order chi connectivity index (χ0) is 16.8. The number of aliphatic hydroxyl groups is 1. The van der Waals surface area contributed by atoms with Crippen LogP contribution in [0.3, 0.4) is 0 Å². The van der Waals surface area contributed by atoms with Gasteiger partial charge in [0.15, 0.2) is 0 Å². The van der Waals surface area contributed by atoms with Crippen molar-refractivity contribution in [2.45, 2.75) is 12.8 Å². The van der Waals surface area contributed by atoms with Gasteiger partial charge in [-0.3, -0.25) is 14.9 Å². The Kier molecular flexibility index (Phi) is 5.67. The van der Waals surface area contributed by atoms with E-state index in [1.54, 1.807) is 12.1 Å². The maximum atomic E-state index is 12.0. The summed E-state index contributed by atoms with van der Waals surface area (Å²) in [7, 11) is 0. The van der Waals surface area contributed by atoms with E-state index in [4.69, 9.17) is 16.7 Å². The maximum Gasteiger partial charge on any atom is 0.270 e. The highest BCUT2D eigenvalue weighted by molar-refractivity contribution is 6.31. The molecule has 0 saturated heterocycles. The highest BCUT2D eigenvalue weighted by atomic mass is 35.5. The van der Waals surface area contributed by atoms with Gasteiger partial charge in [0.25, 0.3) is 5.69 Å². The minimum absolute atomic E-state index is 0.0230. The first-order valence-electron chi connectivity index (χ1n) is 6.92. The summed E-state index contributed by atoms with van der Waals surface area (Å²) in [5, 5.41) is 22.4. The van der Waals surface area contributed by atoms with Crippen LogP contribution in [0.5, 0.6) is 0 Å². The van der Waals surface area contributed by atoms with Gasteiger partial charge in [-0.2, -0.15) is 0 Å². The first kappa shape index (κ1) is 16.9. The van der Waals surface area contributed by atoms with Gasteiger partial charge < -0.3 is 10.4 Å². The molecule has 7 heteroatoms. The third-order valence-electron chi connectivity index (χ3n) is 3.24. The van der Waals surface area contributed by atoms with E-state index in [9.17, 15) is 14.9 Å². The number of halogens is 1. The molecule has 2 N–H and O–H groups in total. The van der Waals surface area contributed by atoms with Crippen LogP contribution >= 0.6 is 11.6 Å². The van der Waals surface area contributed by atoms with Crippen molar-refractivity contribution in [3.8, 4) is 0 Å². The van der Waals surface area contributed by atoms with Gasteiger partial charge in [-0.05, 0) is 29.7 Å². The van der Waals surface area contributed by atoms with Crippen molar-refractivity contribution in [1.29, 1.82) is 0 Å². The van der Waals surface area contributed by atoms with E-state index < -0.39 is 4.92 Å². The van der Waals surface area contributed by atoms with Gasteiger partial charge in [0, 0.05) is 24.4 Å². The van der Waals surface area contributed by atoms with Gasteiger partial charge in [-0.1, -0.05) is 29.8 Å². The van der Waals surface area contributed by atoms with Crippen molar-refractivity contribution in [3.63, 3.8) is 0 Å². The fourth-order valence-corrected chi connectivity index (χ4v) is 2.30. The van der Waals surface area contributed by atoms with Crippen molar-refractivity contribution in [1.82, 2.24) is 0 Å². The molecule has 0 radical (unpaired) electrons. The standard InChI is InChI=1S/C16H15ClN2O4/c17-15-10-14(19(22)23)6-3-12(15)9-16(21)18-13-4-1-11(2-5-13)7-8-20/h1-6,10,20H,7-9H2,(H,18,21). The summed E-state index contributed by atoms with van der Waals surface area (Å²) in [6, 6.07) is 11.2. The molecule has 0 aliphatic heterocycles. The van der Waals surface area contributed by atoms with Crippen LogP contribution in [0.15, 0.2) is 42.5 Å². The Labute approximate surface area is 137 Å². The number of non-ortho nitro benzene ring substituents is 1. The predicted molar refractivity (Wildman–Crippen MR) is 87.7 cm³/mol. The molecule has 0 aliphatic rings. The molecule has 0 atom stereocenters. The van der Waals surface area contributed by atoms with Crippen LogP contribution in [-0.4, -0.2) is 22.5 Å². The van der Waals surface area contributed by atoms with E-state index in [1.165, 1.54) is 18.2 Å². The smallest absolute Gasteiger partial charge is 0.270 e. The van der Waals surface area contributed by atoms with Crippen molar-refractivity contribution in [2.24, 2.45) is 0 Å². The first-order chi connectivity index (χ1) is 11.0. The van der Waals surface area contributed by atoms with Crippen molar-refractivity contribution in [2.75, 3.05) is 11.9 Å². The lowest BCUT2D eigenvalue weighted by Gasteiger charge is -2.07. The highest BCUT2D eigenvalue weighted by Crippen LogP contribution is 2.23. The zero-order valence-corrected chi connectivity index (χ0v) is 12.9. The summed E-state index contributed by atoms with van der Waals surface area (Å²) < 4.78 is 0. The largest absolute Gasteiger partial charge is 0.396 e. The van der Waals surface area contributed by atoms with Crippen LogP contribution in [0.4, 0.5) is 11.4 Å². The third kappa shape index (κ3) is 4.77. The van der Waals surface area contributed by atoms with Crippen LogP contribution in [0.1, 0.15) is 11.1 Å². The molecule has 0 saturated carbocycles. The molecule has 6 nitrogen and oxygen atoms in total. The lowest BCUT2D eigenvalue weighted by molar-refractivity contribution is -0.384. The minimum Gasteiger partial charge on any atom is -0.396 e. The first-order valence-corrected chi connectivity index (χ1v) is 7.30.